The maximum atomic E-state index is 13.0. The van der Waals surface area contributed by atoms with Crippen molar-refractivity contribution in [3.63, 3.8) is 0 Å². The van der Waals surface area contributed by atoms with E-state index in [4.69, 9.17) is 26.1 Å². The molecule has 4 aromatic rings. The number of aromatic amines is 1. The van der Waals surface area contributed by atoms with Gasteiger partial charge in [-0.15, -0.1) is 11.3 Å². The van der Waals surface area contributed by atoms with E-state index in [1.165, 1.54) is 10.4 Å². The lowest BCUT2D eigenvalue weighted by atomic mass is 9.89. The Morgan fingerprint density at radius 2 is 2.12 bits per heavy atom. The summed E-state index contributed by atoms with van der Waals surface area (Å²) in [5.41, 5.74) is 2.71. The van der Waals surface area contributed by atoms with E-state index in [0.717, 1.165) is 40.6 Å². The van der Waals surface area contributed by atoms with Gasteiger partial charge in [0.05, 0.1) is 17.0 Å². The van der Waals surface area contributed by atoms with Crippen LogP contribution in [0.4, 0.5) is 0 Å². The summed E-state index contributed by atoms with van der Waals surface area (Å²) in [6, 6.07) is 11.3. The molecule has 0 saturated heterocycles. The molecular formula is C25H22BrClN2O3S. The summed E-state index contributed by atoms with van der Waals surface area (Å²) in [5.74, 6) is 2.25. The second kappa shape index (κ2) is 9.12. The second-order valence-corrected chi connectivity index (χ2v) is 10.7. The summed E-state index contributed by atoms with van der Waals surface area (Å²) in [6.07, 6.45) is 3.07. The maximum absolute atomic E-state index is 13.0. The molecule has 2 aromatic heterocycles. The fraction of sp³-hybridized carbons (Fsp3) is 0.280. The van der Waals surface area contributed by atoms with Gasteiger partial charge in [0, 0.05) is 21.0 Å². The molecular weight excluding hydrogens is 524 g/mol. The molecule has 0 saturated carbocycles. The van der Waals surface area contributed by atoms with Gasteiger partial charge < -0.3 is 14.5 Å². The van der Waals surface area contributed by atoms with Crippen molar-refractivity contribution in [2.45, 2.75) is 32.8 Å². The fourth-order valence-electron chi connectivity index (χ4n) is 4.25. The zero-order chi connectivity index (χ0) is 23.1. The average molecular weight is 546 g/mol. The standard InChI is InChI=1S/C25H22BrClN2O3S/c1-13-7-8-16-20(9-13)33-25-21(16)24(30)28-23(29-25)15-10-17(26)22(19(11-15)31-2)32-12-14-5-3-4-6-18(14)27/h3-6,10-11,13H,7-9,12H2,1-2H3,(H,28,29,30). The lowest BCUT2D eigenvalue weighted by Gasteiger charge is -2.17. The van der Waals surface area contributed by atoms with E-state index in [0.29, 0.717) is 39.3 Å². The Morgan fingerprint density at radius 1 is 1.30 bits per heavy atom. The zero-order valence-corrected chi connectivity index (χ0v) is 21.4. The van der Waals surface area contributed by atoms with Crippen molar-refractivity contribution in [2.75, 3.05) is 7.11 Å². The Morgan fingerprint density at radius 3 is 2.91 bits per heavy atom. The Kier molecular flexibility index (Phi) is 6.20. The summed E-state index contributed by atoms with van der Waals surface area (Å²) in [4.78, 5) is 22.9. The van der Waals surface area contributed by atoms with Crippen LogP contribution in [0.3, 0.4) is 0 Å². The molecule has 1 unspecified atom stereocenters. The van der Waals surface area contributed by atoms with E-state index >= 15 is 0 Å². The highest BCUT2D eigenvalue weighted by molar-refractivity contribution is 9.10. The lowest BCUT2D eigenvalue weighted by molar-refractivity contribution is 0.283. The molecule has 5 rings (SSSR count). The van der Waals surface area contributed by atoms with E-state index in [1.54, 1.807) is 18.4 Å². The van der Waals surface area contributed by atoms with Crippen LogP contribution in [0.2, 0.25) is 5.02 Å². The number of rotatable bonds is 5. The largest absolute Gasteiger partial charge is 0.493 e. The van der Waals surface area contributed by atoms with Gasteiger partial charge in [-0.05, 0) is 64.9 Å². The van der Waals surface area contributed by atoms with Crippen molar-refractivity contribution in [1.82, 2.24) is 9.97 Å². The minimum Gasteiger partial charge on any atom is -0.493 e. The monoisotopic (exact) mass is 544 g/mol. The van der Waals surface area contributed by atoms with Crippen molar-refractivity contribution in [1.29, 1.82) is 0 Å². The van der Waals surface area contributed by atoms with Crippen molar-refractivity contribution >= 4 is 49.1 Å². The first kappa shape index (κ1) is 22.4. The molecule has 1 aliphatic carbocycles. The third-order valence-electron chi connectivity index (χ3n) is 6.00. The highest BCUT2D eigenvalue weighted by Crippen LogP contribution is 2.41. The van der Waals surface area contributed by atoms with Gasteiger partial charge in [0.15, 0.2) is 11.5 Å². The van der Waals surface area contributed by atoms with Gasteiger partial charge in [0.1, 0.15) is 17.3 Å². The molecule has 2 aromatic carbocycles. The lowest BCUT2D eigenvalue weighted by Crippen LogP contribution is -2.13. The minimum atomic E-state index is -0.0869. The molecule has 1 N–H and O–H groups in total. The van der Waals surface area contributed by atoms with Crippen LogP contribution in [0, 0.1) is 5.92 Å². The van der Waals surface area contributed by atoms with Gasteiger partial charge in [0.25, 0.3) is 5.56 Å². The van der Waals surface area contributed by atoms with Crippen LogP contribution >= 0.6 is 38.9 Å². The number of nitrogens with one attached hydrogen (secondary N) is 1. The van der Waals surface area contributed by atoms with Crippen molar-refractivity contribution < 1.29 is 9.47 Å². The molecule has 0 radical (unpaired) electrons. The molecule has 1 aliphatic rings. The number of nitrogens with zero attached hydrogens (tertiary/aromatic N) is 1. The van der Waals surface area contributed by atoms with Crippen LogP contribution in [0.1, 0.15) is 29.3 Å². The Bertz CT molecular complexity index is 1420. The number of ether oxygens (including phenoxy) is 2. The summed E-state index contributed by atoms with van der Waals surface area (Å²) in [6.45, 7) is 2.56. The third kappa shape index (κ3) is 4.29. The average Bonchev–Trinajstić information content (AvgIpc) is 3.16. The first-order valence-corrected chi connectivity index (χ1v) is 12.7. The molecule has 170 valence electrons. The normalized spacial score (nSPS) is 15.5. The van der Waals surface area contributed by atoms with Gasteiger partial charge in [-0.1, -0.05) is 36.7 Å². The quantitative estimate of drug-likeness (QED) is 0.300. The Labute approximate surface area is 208 Å². The minimum absolute atomic E-state index is 0.0869. The van der Waals surface area contributed by atoms with Crippen molar-refractivity contribution in [2.24, 2.45) is 5.92 Å². The number of hydrogen-bond donors (Lipinski definition) is 1. The summed E-state index contributed by atoms with van der Waals surface area (Å²) in [5, 5.41) is 1.39. The van der Waals surface area contributed by atoms with Gasteiger partial charge in [-0.3, -0.25) is 4.79 Å². The number of aromatic nitrogens is 2. The van der Waals surface area contributed by atoms with Crippen LogP contribution in [0.15, 0.2) is 45.7 Å². The molecule has 5 nitrogen and oxygen atoms in total. The van der Waals surface area contributed by atoms with Gasteiger partial charge in [-0.25, -0.2) is 4.98 Å². The zero-order valence-electron chi connectivity index (χ0n) is 18.2. The number of aryl methyl sites for hydroxylation is 1. The first-order chi connectivity index (χ1) is 15.9. The SMILES string of the molecule is COc1cc(-c2nc3sc4c(c3c(=O)[nH]2)CCC(C)C4)cc(Br)c1OCc1ccccc1Cl. The topological polar surface area (TPSA) is 64.2 Å². The molecule has 0 amide bonds. The Hall–Kier alpha value is -2.35. The predicted molar refractivity (Wildman–Crippen MR) is 137 cm³/mol. The number of halogens is 2. The second-order valence-electron chi connectivity index (χ2n) is 8.32. The number of benzene rings is 2. The van der Waals surface area contributed by atoms with Crippen LogP contribution in [0.25, 0.3) is 21.6 Å². The smallest absolute Gasteiger partial charge is 0.260 e. The number of hydrogen-bond acceptors (Lipinski definition) is 5. The van der Waals surface area contributed by atoms with Crippen molar-refractivity contribution in [3.05, 3.63) is 72.3 Å². The summed E-state index contributed by atoms with van der Waals surface area (Å²) >= 11 is 11.5. The molecule has 0 aliphatic heterocycles. The van der Waals surface area contributed by atoms with Gasteiger partial charge >= 0.3 is 0 Å². The van der Waals surface area contributed by atoms with Crippen LogP contribution < -0.4 is 15.0 Å². The molecule has 33 heavy (non-hydrogen) atoms. The van der Waals surface area contributed by atoms with Gasteiger partial charge in [-0.2, -0.15) is 0 Å². The van der Waals surface area contributed by atoms with E-state index in [-0.39, 0.29) is 5.56 Å². The number of thiophene rings is 1. The Balaban J connectivity index is 1.51. The third-order valence-corrected chi connectivity index (χ3v) is 8.10. The molecule has 1 atom stereocenters. The summed E-state index contributed by atoms with van der Waals surface area (Å²) < 4.78 is 12.3. The molecule has 2 heterocycles. The fourth-order valence-corrected chi connectivity index (χ4v) is 6.38. The van der Waals surface area contributed by atoms with Crippen LogP contribution in [0.5, 0.6) is 11.5 Å². The highest BCUT2D eigenvalue weighted by atomic mass is 79.9. The number of H-pyrrole nitrogens is 1. The van der Waals surface area contributed by atoms with Gasteiger partial charge in [0.2, 0.25) is 0 Å². The first-order valence-electron chi connectivity index (χ1n) is 10.7. The summed E-state index contributed by atoms with van der Waals surface area (Å²) in [7, 11) is 1.59. The van der Waals surface area contributed by atoms with E-state index in [1.807, 2.05) is 36.4 Å². The highest BCUT2D eigenvalue weighted by Gasteiger charge is 2.23. The molecule has 0 spiro atoms. The maximum Gasteiger partial charge on any atom is 0.260 e. The molecule has 0 bridgehead atoms. The predicted octanol–water partition coefficient (Wildman–Crippen LogP) is 6.78. The van der Waals surface area contributed by atoms with E-state index < -0.39 is 0 Å². The number of methoxy groups -OCH3 is 1. The molecule has 8 heteroatoms. The van der Waals surface area contributed by atoms with Crippen LogP contribution in [-0.2, 0) is 19.4 Å². The van der Waals surface area contributed by atoms with E-state index in [9.17, 15) is 4.79 Å². The number of fused-ring (bicyclic) bond motifs is 3. The van der Waals surface area contributed by atoms with Crippen LogP contribution in [-0.4, -0.2) is 17.1 Å². The van der Waals surface area contributed by atoms with Crippen molar-refractivity contribution in [3.8, 4) is 22.9 Å². The van der Waals surface area contributed by atoms with E-state index in [2.05, 4.69) is 27.8 Å². The molecule has 0 fully saturated rings.